The van der Waals surface area contributed by atoms with E-state index < -0.39 is 18.7 Å². The van der Waals surface area contributed by atoms with Gasteiger partial charge in [-0.15, -0.1) is 0 Å². The van der Waals surface area contributed by atoms with Crippen LogP contribution in [0, 0.1) is 11.8 Å². The lowest BCUT2D eigenvalue weighted by molar-refractivity contribution is -0.148. The summed E-state index contributed by atoms with van der Waals surface area (Å²) in [6.45, 7) is 1.41. The van der Waals surface area contributed by atoms with E-state index >= 15 is 0 Å². The van der Waals surface area contributed by atoms with Gasteiger partial charge in [0, 0.05) is 18.8 Å². The molecule has 1 rings (SSSR count). The molecule has 114 valence electrons. The van der Waals surface area contributed by atoms with Crippen LogP contribution in [0.15, 0.2) is 12.2 Å². The highest BCUT2D eigenvalue weighted by Crippen LogP contribution is 2.34. The largest absolute Gasteiger partial charge is 0.463 e. The van der Waals surface area contributed by atoms with E-state index in [0.717, 1.165) is 12.8 Å². The van der Waals surface area contributed by atoms with Gasteiger partial charge in [0.25, 0.3) is 0 Å². The maximum atomic E-state index is 11.8. The molecule has 5 nitrogen and oxygen atoms in total. The van der Waals surface area contributed by atoms with Gasteiger partial charge in [0.2, 0.25) is 0 Å². The highest BCUT2D eigenvalue weighted by Gasteiger charge is 2.35. The number of carbonyl (C=O) groups excluding carboxylic acids is 2. The number of hydrogen-bond acceptors (Lipinski definition) is 5. The molecule has 3 unspecified atom stereocenters. The lowest BCUT2D eigenvalue weighted by Crippen LogP contribution is -2.24. The van der Waals surface area contributed by atoms with Crippen LogP contribution < -0.4 is 0 Å². The van der Waals surface area contributed by atoms with Gasteiger partial charge in [-0.3, -0.25) is 9.59 Å². The van der Waals surface area contributed by atoms with E-state index in [1.54, 1.807) is 0 Å². The third kappa shape index (κ3) is 5.43. The smallest absolute Gasteiger partial charge is 0.306 e. The van der Waals surface area contributed by atoms with E-state index in [-0.39, 0.29) is 30.6 Å². The second-order valence-corrected chi connectivity index (χ2v) is 5.21. The Labute approximate surface area is 119 Å². The molecule has 3 atom stereocenters. The molecule has 5 heteroatoms. The van der Waals surface area contributed by atoms with Gasteiger partial charge < -0.3 is 14.9 Å². The van der Waals surface area contributed by atoms with Crippen LogP contribution in [0.3, 0.4) is 0 Å². The maximum Gasteiger partial charge on any atom is 0.306 e. The van der Waals surface area contributed by atoms with Gasteiger partial charge in [0.1, 0.15) is 18.5 Å². The van der Waals surface area contributed by atoms with Crippen LogP contribution in [-0.4, -0.2) is 41.3 Å². The van der Waals surface area contributed by atoms with E-state index in [4.69, 9.17) is 14.9 Å². The van der Waals surface area contributed by atoms with Crippen molar-refractivity contribution in [2.45, 2.75) is 45.1 Å². The Morgan fingerprint density at radius 2 is 2.25 bits per heavy atom. The number of rotatable bonds is 8. The first kappa shape index (κ1) is 16.9. The summed E-state index contributed by atoms with van der Waals surface area (Å²) >= 11 is 0. The Kier molecular flexibility index (Phi) is 7.47. The average Bonchev–Trinajstić information content (AvgIpc) is 2.77. The Morgan fingerprint density at radius 1 is 1.50 bits per heavy atom. The molecule has 0 heterocycles. The normalized spacial score (nSPS) is 24.2. The van der Waals surface area contributed by atoms with Crippen molar-refractivity contribution in [3.05, 3.63) is 12.2 Å². The molecule has 1 saturated carbocycles. The summed E-state index contributed by atoms with van der Waals surface area (Å²) in [5.41, 5.74) is 0. The van der Waals surface area contributed by atoms with Gasteiger partial charge in [0.05, 0.1) is 6.61 Å². The highest BCUT2D eigenvalue weighted by atomic mass is 16.5. The average molecular weight is 284 g/mol. The van der Waals surface area contributed by atoms with Crippen LogP contribution in [0.4, 0.5) is 0 Å². The SMILES string of the molecule is CC/C=C/CC1C(=O)CCC1CC(=O)OCC(O)CO. The fourth-order valence-electron chi connectivity index (χ4n) is 2.47. The molecule has 0 aromatic rings. The molecule has 20 heavy (non-hydrogen) atoms. The van der Waals surface area contributed by atoms with Crippen molar-refractivity contribution in [3.63, 3.8) is 0 Å². The van der Waals surface area contributed by atoms with Gasteiger partial charge in [0.15, 0.2) is 0 Å². The summed E-state index contributed by atoms with van der Waals surface area (Å²) in [7, 11) is 0. The van der Waals surface area contributed by atoms with E-state index in [0.29, 0.717) is 12.8 Å². The Balaban J connectivity index is 2.42. The third-order valence-electron chi connectivity index (χ3n) is 3.61. The van der Waals surface area contributed by atoms with Crippen molar-refractivity contribution in [1.82, 2.24) is 0 Å². The van der Waals surface area contributed by atoms with E-state index in [1.807, 2.05) is 19.1 Å². The molecular weight excluding hydrogens is 260 g/mol. The minimum atomic E-state index is -1.03. The first-order valence-electron chi connectivity index (χ1n) is 7.20. The van der Waals surface area contributed by atoms with Crippen molar-refractivity contribution in [2.24, 2.45) is 11.8 Å². The van der Waals surface area contributed by atoms with Crippen LogP contribution in [-0.2, 0) is 14.3 Å². The number of ketones is 1. The Bertz CT molecular complexity index is 350. The van der Waals surface area contributed by atoms with Gasteiger partial charge in [-0.25, -0.2) is 0 Å². The molecule has 0 amide bonds. The molecule has 0 saturated heterocycles. The van der Waals surface area contributed by atoms with Crippen molar-refractivity contribution in [2.75, 3.05) is 13.2 Å². The fourth-order valence-corrected chi connectivity index (χ4v) is 2.47. The first-order valence-corrected chi connectivity index (χ1v) is 7.20. The summed E-state index contributed by atoms with van der Waals surface area (Å²) in [6.07, 6.45) is 6.07. The zero-order valence-corrected chi connectivity index (χ0v) is 12.0. The van der Waals surface area contributed by atoms with Crippen LogP contribution in [0.2, 0.25) is 0 Å². The van der Waals surface area contributed by atoms with Crippen molar-refractivity contribution in [1.29, 1.82) is 0 Å². The minimum Gasteiger partial charge on any atom is -0.463 e. The number of esters is 1. The van der Waals surface area contributed by atoms with Gasteiger partial charge in [-0.05, 0) is 25.2 Å². The third-order valence-corrected chi connectivity index (χ3v) is 3.61. The maximum absolute atomic E-state index is 11.8. The van der Waals surface area contributed by atoms with Crippen LogP contribution >= 0.6 is 0 Å². The summed E-state index contributed by atoms with van der Waals surface area (Å²) in [5.74, 6) is -0.253. The predicted molar refractivity (Wildman–Crippen MR) is 73.9 cm³/mol. The molecule has 0 radical (unpaired) electrons. The topological polar surface area (TPSA) is 83.8 Å². The summed E-state index contributed by atoms with van der Waals surface area (Å²) in [5, 5.41) is 17.8. The summed E-state index contributed by atoms with van der Waals surface area (Å²) < 4.78 is 4.89. The number of aliphatic hydroxyl groups excluding tert-OH is 2. The van der Waals surface area contributed by atoms with Gasteiger partial charge in [-0.2, -0.15) is 0 Å². The number of allylic oxidation sites excluding steroid dienone is 2. The molecule has 0 bridgehead atoms. The number of carbonyl (C=O) groups is 2. The van der Waals surface area contributed by atoms with Crippen LogP contribution in [0.5, 0.6) is 0 Å². The quantitative estimate of drug-likeness (QED) is 0.517. The van der Waals surface area contributed by atoms with E-state index in [9.17, 15) is 9.59 Å². The number of hydrogen-bond donors (Lipinski definition) is 2. The van der Waals surface area contributed by atoms with Gasteiger partial charge >= 0.3 is 5.97 Å². The lowest BCUT2D eigenvalue weighted by atomic mass is 9.89. The Hall–Kier alpha value is -1.20. The number of aliphatic hydroxyl groups is 2. The molecule has 0 spiro atoms. The molecule has 1 aliphatic rings. The lowest BCUT2D eigenvalue weighted by Gasteiger charge is -2.16. The zero-order chi connectivity index (χ0) is 15.0. The standard InChI is InChI=1S/C15H24O5/c1-2-3-4-5-13-11(6-7-14(13)18)8-15(19)20-10-12(17)9-16/h3-4,11-13,16-17H,2,5-10H2,1H3/b4-3+. The molecule has 1 fully saturated rings. The molecule has 2 N–H and O–H groups in total. The molecular formula is C15H24O5. The first-order chi connectivity index (χ1) is 9.58. The van der Waals surface area contributed by atoms with Crippen LogP contribution in [0.1, 0.15) is 39.0 Å². The number of ether oxygens (including phenoxy) is 1. The van der Waals surface area contributed by atoms with E-state index in [1.165, 1.54) is 0 Å². The van der Waals surface area contributed by atoms with E-state index in [2.05, 4.69) is 0 Å². The number of Topliss-reactive ketones (excluding diaryl/α,β-unsaturated/α-hetero) is 1. The fraction of sp³-hybridized carbons (Fsp3) is 0.733. The van der Waals surface area contributed by atoms with Crippen LogP contribution in [0.25, 0.3) is 0 Å². The second-order valence-electron chi connectivity index (χ2n) is 5.21. The van der Waals surface area contributed by atoms with Crippen molar-refractivity contribution >= 4 is 11.8 Å². The second kappa shape index (κ2) is 8.87. The van der Waals surface area contributed by atoms with Gasteiger partial charge in [-0.1, -0.05) is 19.1 Å². The highest BCUT2D eigenvalue weighted by molar-refractivity contribution is 5.84. The van der Waals surface area contributed by atoms with Crippen molar-refractivity contribution in [3.8, 4) is 0 Å². The molecule has 0 aromatic heterocycles. The zero-order valence-electron chi connectivity index (χ0n) is 12.0. The monoisotopic (exact) mass is 284 g/mol. The molecule has 0 aliphatic heterocycles. The predicted octanol–water partition coefficient (Wildman–Crippen LogP) is 1.22. The summed E-state index contributed by atoms with van der Waals surface area (Å²) in [4.78, 5) is 23.5. The summed E-state index contributed by atoms with van der Waals surface area (Å²) in [6, 6.07) is 0. The molecule has 1 aliphatic carbocycles. The Morgan fingerprint density at radius 3 is 2.90 bits per heavy atom. The molecule has 0 aromatic carbocycles. The van der Waals surface area contributed by atoms with Crippen molar-refractivity contribution < 1.29 is 24.5 Å². The minimum absolute atomic E-state index is 0.0303.